The number of likely N-dealkylation sites (tertiary alicyclic amines) is 1. The first-order chi connectivity index (χ1) is 20.1. The zero-order chi connectivity index (χ0) is 31.7. The first-order valence-corrected chi connectivity index (χ1v) is 14.8. The van der Waals surface area contributed by atoms with Gasteiger partial charge in [-0.2, -0.15) is 0 Å². The van der Waals surface area contributed by atoms with E-state index in [2.05, 4.69) is 23.5 Å². The summed E-state index contributed by atoms with van der Waals surface area (Å²) in [5.74, 6) is 0.835. The zero-order valence-electron chi connectivity index (χ0n) is 26.6. The van der Waals surface area contributed by atoms with Gasteiger partial charge in [0.1, 0.15) is 23.3 Å². The fourth-order valence-electron chi connectivity index (χ4n) is 5.85. The number of aromatic nitrogens is 1. The summed E-state index contributed by atoms with van der Waals surface area (Å²) in [4.78, 5) is 31.7. The highest BCUT2D eigenvalue weighted by atomic mass is 16.6. The van der Waals surface area contributed by atoms with Crippen molar-refractivity contribution in [2.75, 3.05) is 25.5 Å². The van der Waals surface area contributed by atoms with Crippen LogP contribution >= 0.6 is 0 Å². The number of amides is 1. The summed E-state index contributed by atoms with van der Waals surface area (Å²) in [6.07, 6.45) is 9.19. The molecule has 3 aliphatic rings. The quantitative estimate of drug-likeness (QED) is 0.201. The van der Waals surface area contributed by atoms with Crippen molar-refractivity contribution in [3.8, 4) is 0 Å². The normalized spacial score (nSPS) is 22.6. The molecule has 232 valence electrons. The summed E-state index contributed by atoms with van der Waals surface area (Å²) in [6, 6.07) is 1.90. The fraction of sp³-hybridized carbons (Fsp3) is 0.500. The minimum atomic E-state index is -0.649. The lowest BCUT2D eigenvalue weighted by molar-refractivity contribution is -0.154. The molecule has 2 fully saturated rings. The number of carbonyl (C=O) groups excluding carboxylic acids is 2. The summed E-state index contributed by atoms with van der Waals surface area (Å²) >= 11 is 0. The average Bonchev–Trinajstić information content (AvgIpc) is 2.83. The van der Waals surface area contributed by atoms with Crippen LogP contribution in [0.4, 0.5) is 5.82 Å². The Labute approximate surface area is 255 Å². The van der Waals surface area contributed by atoms with Crippen LogP contribution in [-0.2, 0) is 23.8 Å². The summed E-state index contributed by atoms with van der Waals surface area (Å²) < 4.78 is 17.1. The Morgan fingerprint density at radius 2 is 1.91 bits per heavy atom. The topological polar surface area (TPSA) is 116 Å². The maximum absolute atomic E-state index is 12.7. The number of allylic oxidation sites excluding steroid dienone is 2. The minimum Gasteiger partial charge on any atom is -0.490 e. The highest BCUT2D eigenvalue weighted by molar-refractivity contribution is 5.93. The third-order valence-electron chi connectivity index (χ3n) is 8.20. The predicted molar refractivity (Wildman–Crippen MR) is 170 cm³/mol. The van der Waals surface area contributed by atoms with Gasteiger partial charge in [-0.3, -0.25) is 4.79 Å². The van der Waals surface area contributed by atoms with Crippen LogP contribution in [0, 0.1) is 5.92 Å². The van der Waals surface area contributed by atoms with E-state index in [-0.39, 0.29) is 30.0 Å². The molecule has 1 aromatic rings. The second-order valence-corrected chi connectivity index (χ2v) is 13.0. The van der Waals surface area contributed by atoms with Gasteiger partial charge in [0, 0.05) is 55.5 Å². The van der Waals surface area contributed by atoms with E-state index < -0.39 is 11.1 Å². The van der Waals surface area contributed by atoms with E-state index in [0.29, 0.717) is 55.2 Å². The molecular weight excluding hydrogens is 544 g/mol. The Balaban J connectivity index is 1.46. The predicted octanol–water partition coefficient (Wildman–Crippen LogP) is 5.37. The molecule has 1 aromatic heterocycles. The number of rotatable bonds is 11. The number of ether oxygens (including phenoxy) is 3. The van der Waals surface area contributed by atoms with Crippen molar-refractivity contribution < 1.29 is 23.8 Å². The van der Waals surface area contributed by atoms with Gasteiger partial charge >= 0.3 is 5.97 Å². The van der Waals surface area contributed by atoms with Crippen LogP contribution in [0.15, 0.2) is 60.5 Å². The van der Waals surface area contributed by atoms with Crippen LogP contribution in [0.5, 0.6) is 0 Å². The first kappa shape index (κ1) is 32.2. The molecule has 1 saturated heterocycles. The molecule has 9 nitrogen and oxygen atoms in total. The lowest BCUT2D eigenvalue weighted by Gasteiger charge is -2.43. The van der Waals surface area contributed by atoms with Crippen molar-refractivity contribution in [1.82, 2.24) is 9.88 Å². The maximum atomic E-state index is 12.7. The second kappa shape index (κ2) is 12.5. The van der Waals surface area contributed by atoms with E-state index in [1.54, 1.807) is 25.5 Å². The Bertz CT molecular complexity index is 1390. The summed E-state index contributed by atoms with van der Waals surface area (Å²) in [5.41, 5.74) is 9.93. The van der Waals surface area contributed by atoms with E-state index in [0.717, 1.165) is 22.3 Å². The van der Waals surface area contributed by atoms with Crippen molar-refractivity contribution in [2.45, 2.75) is 84.2 Å². The molecule has 0 bridgehead atoms. The Morgan fingerprint density at radius 3 is 2.49 bits per heavy atom. The molecule has 0 atom stereocenters. The van der Waals surface area contributed by atoms with Crippen LogP contribution in [0.3, 0.4) is 0 Å². The number of nitrogens with one attached hydrogen (secondary N) is 1. The number of nitrogens with two attached hydrogens (primary N) is 1. The second-order valence-electron chi connectivity index (χ2n) is 13.0. The van der Waals surface area contributed by atoms with Gasteiger partial charge < -0.3 is 30.2 Å². The van der Waals surface area contributed by atoms with Gasteiger partial charge in [0.25, 0.3) is 0 Å². The number of cyclic esters (lactones) is 1. The first-order valence-electron chi connectivity index (χ1n) is 14.8. The summed E-state index contributed by atoms with van der Waals surface area (Å²) in [5, 5.41) is 3.22. The van der Waals surface area contributed by atoms with Gasteiger partial charge in [0.2, 0.25) is 5.91 Å². The van der Waals surface area contributed by atoms with Gasteiger partial charge in [0.15, 0.2) is 0 Å². The Hall–Kier alpha value is -3.69. The maximum Gasteiger partial charge on any atom is 0.338 e. The number of carbonyl (C=O) groups is 2. The van der Waals surface area contributed by atoms with Crippen LogP contribution in [0.2, 0.25) is 0 Å². The molecule has 3 heterocycles. The van der Waals surface area contributed by atoms with Crippen LogP contribution < -0.4 is 11.1 Å². The molecule has 0 unspecified atom stereocenters. The molecule has 0 radical (unpaired) electrons. The Kier molecular flexibility index (Phi) is 9.37. The van der Waals surface area contributed by atoms with Gasteiger partial charge in [-0.25, -0.2) is 9.78 Å². The molecule has 43 heavy (non-hydrogen) atoms. The standard InChI is InChI=1S/C34H46N4O5/c1-10-29(34(7,8)35)27-15-30(37-21(3)11-12-26-20(2)16-33(5,6)43-32(26)40)36-17-28(27)22(4)42-24-13-23(14-24)31(39)38-18-25(19-38)41-9/h10-12,15,17,23-25H,3-4,13-14,16,18-19,35H2,1-2,5-9H3,(H,36,37)/b12-11-,29-10+. The van der Waals surface area contributed by atoms with Crippen molar-refractivity contribution in [1.29, 1.82) is 0 Å². The van der Waals surface area contributed by atoms with Gasteiger partial charge in [-0.05, 0) is 83.7 Å². The van der Waals surface area contributed by atoms with Crippen molar-refractivity contribution in [2.24, 2.45) is 11.7 Å². The van der Waals surface area contributed by atoms with Crippen LogP contribution in [-0.4, -0.2) is 65.3 Å². The molecule has 9 heteroatoms. The molecule has 4 rings (SSSR count). The van der Waals surface area contributed by atoms with E-state index in [1.807, 2.05) is 58.6 Å². The number of anilines is 1. The van der Waals surface area contributed by atoms with E-state index in [1.165, 1.54) is 0 Å². The minimum absolute atomic E-state index is 0.0329. The molecule has 0 spiro atoms. The lowest BCUT2D eigenvalue weighted by Crippen LogP contribution is -2.57. The Morgan fingerprint density at radius 1 is 1.23 bits per heavy atom. The zero-order valence-corrected chi connectivity index (χ0v) is 26.6. The highest BCUT2D eigenvalue weighted by Crippen LogP contribution is 2.38. The lowest BCUT2D eigenvalue weighted by atomic mass is 9.80. The van der Waals surface area contributed by atoms with E-state index in [4.69, 9.17) is 19.9 Å². The van der Waals surface area contributed by atoms with Gasteiger partial charge in [-0.15, -0.1) is 0 Å². The van der Waals surface area contributed by atoms with E-state index in [9.17, 15) is 9.59 Å². The number of esters is 1. The molecule has 3 N–H and O–H groups in total. The molecular formula is C34H46N4O5. The van der Waals surface area contributed by atoms with Crippen molar-refractivity contribution in [3.63, 3.8) is 0 Å². The monoisotopic (exact) mass is 590 g/mol. The van der Waals surface area contributed by atoms with E-state index >= 15 is 0 Å². The van der Waals surface area contributed by atoms with Crippen molar-refractivity contribution in [3.05, 3.63) is 71.6 Å². The van der Waals surface area contributed by atoms with Gasteiger partial charge in [-0.1, -0.05) is 24.8 Å². The summed E-state index contributed by atoms with van der Waals surface area (Å²) in [7, 11) is 1.67. The number of methoxy groups -OCH3 is 1. The molecule has 2 aliphatic heterocycles. The van der Waals surface area contributed by atoms with Gasteiger partial charge in [0.05, 0.1) is 11.7 Å². The SMILES string of the molecule is C=C(/C=C\C1=C(C)CC(C)(C)OC1=O)Nc1cc(/C(=C\C)C(C)(C)N)c(C(=C)OC2CC(C(=O)N3CC(OC)C3)C2)cn1. The molecule has 1 amide bonds. The third kappa shape index (κ3) is 7.46. The van der Waals surface area contributed by atoms with Crippen LogP contribution in [0.25, 0.3) is 11.3 Å². The number of hydrogen-bond acceptors (Lipinski definition) is 8. The summed E-state index contributed by atoms with van der Waals surface area (Å²) in [6.45, 7) is 21.2. The number of pyridine rings is 1. The smallest absolute Gasteiger partial charge is 0.338 e. The largest absolute Gasteiger partial charge is 0.490 e. The van der Waals surface area contributed by atoms with Crippen LogP contribution in [0.1, 0.15) is 71.9 Å². The number of nitrogens with zero attached hydrogens (tertiary/aromatic N) is 2. The molecule has 0 aromatic carbocycles. The van der Waals surface area contributed by atoms with Crippen molar-refractivity contribution >= 4 is 29.0 Å². The number of hydrogen-bond donors (Lipinski definition) is 2. The fourth-order valence-corrected chi connectivity index (χ4v) is 5.85. The molecule has 1 saturated carbocycles. The highest BCUT2D eigenvalue weighted by Gasteiger charge is 2.42. The third-order valence-corrected chi connectivity index (χ3v) is 8.20. The average molecular weight is 591 g/mol. The molecule has 1 aliphatic carbocycles.